The summed E-state index contributed by atoms with van der Waals surface area (Å²) in [5, 5.41) is 5.81. The molecule has 0 aliphatic heterocycles. The van der Waals surface area contributed by atoms with E-state index in [2.05, 4.69) is 28.2 Å². The first kappa shape index (κ1) is 13.4. The van der Waals surface area contributed by atoms with Gasteiger partial charge in [0.15, 0.2) is 0 Å². The number of rotatable bonds is 4. The van der Waals surface area contributed by atoms with Crippen LogP contribution in [0.2, 0.25) is 0 Å². The smallest absolute Gasteiger partial charge is 0.262 e. The van der Waals surface area contributed by atoms with Gasteiger partial charge in [0.2, 0.25) is 0 Å². The Balaban J connectivity index is 1.86. The summed E-state index contributed by atoms with van der Waals surface area (Å²) < 4.78 is 0.900. The molecule has 1 aromatic rings. The molecular weight excluding hydrogens is 318 g/mol. The molecule has 17 heavy (non-hydrogen) atoms. The van der Waals surface area contributed by atoms with Crippen molar-refractivity contribution in [3.05, 3.63) is 20.8 Å². The Kier molecular flexibility index (Phi) is 4.94. The van der Waals surface area contributed by atoms with Crippen LogP contribution in [0, 0.1) is 0 Å². The maximum atomic E-state index is 12.0. The first-order valence-electron chi connectivity index (χ1n) is 5.86. The van der Waals surface area contributed by atoms with Crippen molar-refractivity contribution in [3.8, 4) is 0 Å². The monoisotopic (exact) mass is 333 g/mol. The number of carbonyl (C=O) groups excluding carboxylic acids is 1. The summed E-state index contributed by atoms with van der Waals surface area (Å²) in [7, 11) is 0. The zero-order chi connectivity index (χ0) is 12.3. The van der Waals surface area contributed by atoms with Crippen LogP contribution in [0.5, 0.6) is 0 Å². The van der Waals surface area contributed by atoms with E-state index in [-0.39, 0.29) is 5.91 Å². The standard InChI is InChI=1S/C12H16BrNOS2/c1-2-16-9-4-3-8(7-9)14-12(15)11-10(13)5-6-17-11/h5-6,8-9H,2-4,7H2,1H3,(H,14,15). The van der Waals surface area contributed by atoms with E-state index in [9.17, 15) is 4.79 Å². The van der Waals surface area contributed by atoms with Crippen molar-refractivity contribution < 1.29 is 4.79 Å². The Labute approximate surface area is 119 Å². The Morgan fingerprint density at radius 3 is 3.12 bits per heavy atom. The topological polar surface area (TPSA) is 29.1 Å². The lowest BCUT2D eigenvalue weighted by atomic mass is 10.2. The van der Waals surface area contributed by atoms with Crippen molar-refractivity contribution in [2.45, 2.75) is 37.5 Å². The molecule has 5 heteroatoms. The highest BCUT2D eigenvalue weighted by Gasteiger charge is 2.26. The minimum Gasteiger partial charge on any atom is -0.349 e. The first-order chi connectivity index (χ1) is 8.20. The van der Waals surface area contributed by atoms with Crippen molar-refractivity contribution in [1.29, 1.82) is 0 Å². The quantitative estimate of drug-likeness (QED) is 0.904. The van der Waals surface area contributed by atoms with Crippen LogP contribution in [0.3, 0.4) is 0 Å². The summed E-state index contributed by atoms with van der Waals surface area (Å²) in [6.45, 7) is 2.19. The number of halogens is 1. The summed E-state index contributed by atoms with van der Waals surface area (Å²) in [5.41, 5.74) is 0. The van der Waals surface area contributed by atoms with Crippen molar-refractivity contribution in [1.82, 2.24) is 5.32 Å². The van der Waals surface area contributed by atoms with Crippen LogP contribution in [0.15, 0.2) is 15.9 Å². The van der Waals surface area contributed by atoms with E-state index in [0.717, 1.165) is 27.4 Å². The van der Waals surface area contributed by atoms with Gasteiger partial charge in [-0.2, -0.15) is 11.8 Å². The fraction of sp³-hybridized carbons (Fsp3) is 0.583. The molecule has 1 fully saturated rings. The highest BCUT2D eigenvalue weighted by atomic mass is 79.9. The first-order valence-corrected chi connectivity index (χ1v) is 8.58. The summed E-state index contributed by atoms with van der Waals surface area (Å²) in [6.07, 6.45) is 3.47. The van der Waals surface area contributed by atoms with Gasteiger partial charge >= 0.3 is 0 Å². The molecule has 0 bridgehead atoms. The maximum Gasteiger partial charge on any atom is 0.262 e. The molecule has 1 aromatic heterocycles. The van der Waals surface area contributed by atoms with Crippen LogP contribution < -0.4 is 5.32 Å². The number of thiophene rings is 1. The summed E-state index contributed by atoms with van der Waals surface area (Å²) in [6, 6.07) is 2.28. The highest BCUT2D eigenvalue weighted by Crippen LogP contribution is 2.30. The molecule has 1 amide bonds. The van der Waals surface area contributed by atoms with Crippen molar-refractivity contribution in [2.24, 2.45) is 0 Å². The zero-order valence-electron chi connectivity index (χ0n) is 9.74. The molecule has 0 radical (unpaired) electrons. The second-order valence-corrected chi connectivity index (χ2v) is 7.51. The fourth-order valence-electron chi connectivity index (χ4n) is 2.16. The van der Waals surface area contributed by atoms with Gasteiger partial charge in [-0.15, -0.1) is 11.3 Å². The van der Waals surface area contributed by atoms with Gasteiger partial charge in [-0.05, 0) is 52.4 Å². The lowest BCUT2D eigenvalue weighted by Gasteiger charge is -2.12. The van der Waals surface area contributed by atoms with Gasteiger partial charge in [-0.1, -0.05) is 6.92 Å². The van der Waals surface area contributed by atoms with Crippen molar-refractivity contribution >= 4 is 44.9 Å². The van der Waals surface area contributed by atoms with Crippen LogP contribution >= 0.6 is 39.0 Å². The number of carbonyl (C=O) groups is 1. The lowest BCUT2D eigenvalue weighted by molar-refractivity contribution is 0.0941. The highest BCUT2D eigenvalue weighted by molar-refractivity contribution is 9.10. The maximum absolute atomic E-state index is 12.0. The summed E-state index contributed by atoms with van der Waals surface area (Å²) >= 11 is 6.90. The van der Waals surface area contributed by atoms with E-state index in [1.807, 2.05) is 23.2 Å². The summed E-state index contributed by atoms with van der Waals surface area (Å²) in [4.78, 5) is 12.8. The third kappa shape index (κ3) is 3.48. The van der Waals surface area contributed by atoms with Gasteiger partial charge in [-0.25, -0.2) is 0 Å². The molecule has 1 heterocycles. The van der Waals surface area contributed by atoms with E-state index in [0.29, 0.717) is 6.04 Å². The second-order valence-electron chi connectivity index (χ2n) is 4.16. The number of nitrogens with one attached hydrogen (secondary N) is 1. The van der Waals surface area contributed by atoms with Gasteiger partial charge in [0.1, 0.15) is 4.88 Å². The molecule has 2 unspecified atom stereocenters. The molecule has 1 aliphatic carbocycles. The van der Waals surface area contributed by atoms with Crippen LogP contribution in [-0.4, -0.2) is 23.0 Å². The predicted octanol–water partition coefficient (Wildman–Crippen LogP) is 3.91. The van der Waals surface area contributed by atoms with Crippen LogP contribution in [0.25, 0.3) is 0 Å². The lowest BCUT2D eigenvalue weighted by Crippen LogP contribution is -2.32. The normalized spacial score (nSPS) is 23.9. The average molecular weight is 334 g/mol. The molecule has 2 atom stereocenters. The predicted molar refractivity (Wildman–Crippen MR) is 79.0 cm³/mol. The van der Waals surface area contributed by atoms with Crippen LogP contribution in [0.4, 0.5) is 0 Å². The summed E-state index contributed by atoms with van der Waals surface area (Å²) in [5.74, 6) is 1.24. The molecule has 1 N–H and O–H groups in total. The minimum absolute atomic E-state index is 0.0685. The van der Waals surface area contributed by atoms with E-state index < -0.39 is 0 Å². The molecule has 1 aliphatic rings. The van der Waals surface area contributed by atoms with Gasteiger partial charge in [0.25, 0.3) is 5.91 Å². The minimum atomic E-state index is 0.0685. The Hall–Kier alpha value is -0.000000000000000111. The third-order valence-electron chi connectivity index (χ3n) is 2.95. The molecular formula is C12H16BrNOS2. The Morgan fingerprint density at radius 1 is 1.65 bits per heavy atom. The van der Waals surface area contributed by atoms with E-state index in [1.165, 1.54) is 23.5 Å². The van der Waals surface area contributed by atoms with Gasteiger partial charge < -0.3 is 5.32 Å². The van der Waals surface area contributed by atoms with E-state index >= 15 is 0 Å². The van der Waals surface area contributed by atoms with Crippen molar-refractivity contribution in [3.63, 3.8) is 0 Å². The van der Waals surface area contributed by atoms with E-state index in [4.69, 9.17) is 0 Å². The number of hydrogen-bond acceptors (Lipinski definition) is 3. The van der Waals surface area contributed by atoms with Gasteiger partial charge in [0, 0.05) is 15.8 Å². The zero-order valence-corrected chi connectivity index (χ0v) is 13.0. The average Bonchev–Trinajstić information content (AvgIpc) is 2.88. The number of amides is 1. The largest absolute Gasteiger partial charge is 0.349 e. The van der Waals surface area contributed by atoms with Crippen molar-refractivity contribution in [2.75, 3.05) is 5.75 Å². The molecule has 1 saturated carbocycles. The molecule has 0 aromatic carbocycles. The van der Waals surface area contributed by atoms with Crippen LogP contribution in [0.1, 0.15) is 35.9 Å². The molecule has 0 spiro atoms. The molecule has 0 saturated heterocycles. The second kappa shape index (κ2) is 6.25. The third-order valence-corrected chi connectivity index (χ3v) is 6.01. The fourth-order valence-corrected chi connectivity index (χ4v) is 4.76. The van der Waals surface area contributed by atoms with Gasteiger partial charge in [0.05, 0.1) is 0 Å². The van der Waals surface area contributed by atoms with E-state index in [1.54, 1.807) is 0 Å². The molecule has 2 rings (SSSR count). The Morgan fingerprint density at radius 2 is 2.47 bits per heavy atom. The number of thioether (sulfide) groups is 1. The SMILES string of the molecule is CCSC1CCC(NC(=O)c2sccc2Br)C1. The molecule has 94 valence electrons. The Bertz CT molecular complexity index is 394. The molecule has 2 nitrogen and oxygen atoms in total. The van der Waals surface area contributed by atoms with Crippen LogP contribution in [-0.2, 0) is 0 Å². The number of hydrogen-bond donors (Lipinski definition) is 1. The van der Waals surface area contributed by atoms with Gasteiger partial charge in [-0.3, -0.25) is 4.79 Å².